The highest BCUT2D eigenvalue weighted by Gasteiger charge is 2.22. The number of hydrogen-bond donors (Lipinski definition) is 1. The number of carboxylic acids is 1. The number of ether oxygens (including phenoxy) is 1. The van der Waals surface area contributed by atoms with Gasteiger partial charge in [-0.25, -0.2) is 4.79 Å². The maximum absolute atomic E-state index is 12.5. The average Bonchev–Trinajstić information content (AvgIpc) is 2.78. The molecule has 1 N–H and O–H groups in total. The van der Waals surface area contributed by atoms with Crippen LogP contribution in [-0.4, -0.2) is 24.5 Å². The third kappa shape index (κ3) is 5.20. The third-order valence-corrected chi connectivity index (χ3v) is 6.01. The van der Waals surface area contributed by atoms with Crippen LogP contribution >= 0.6 is 11.6 Å². The van der Waals surface area contributed by atoms with Crippen LogP contribution in [-0.2, 0) is 28.9 Å². The van der Waals surface area contributed by atoms with Gasteiger partial charge in [0.1, 0.15) is 11.3 Å². The molecule has 33 heavy (non-hydrogen) atoms. The van der Waals surface area contributed by atoms with Gasteiger partial charge >= 0.3 is 5.63 Å². The zero-order chi connectivity index (χ0) is 23.5. The molecule has 0 spiro atoms. The van der Waals surface area contributed by atoms with E-state index in [-0.39, 0.29) is 12.0 Å². The maximum atomic E-state index is 12.5. The maximum Gasteiger partial charge on any atom is 0.339 e. The number of carbonyl (C=O) groups is 2. The molecule has 0 fully saturated rings. The summed E-state index contributed by atoms with van der Waals surface area (Å²) < 4.78 is 11.3. The van der Waals surface area contributed by atoms with Crippen LogP contribution in [0.5, 0.6) is 5.75 Å². The summed E-state index contributed by atoms with van der Waals surface area (Å²) in [4.78, 5) is 36.5. The van der Waals surface area contributed by atoms with Crippen molar-refractivity contribution in [1.82, 2.24) is 5.32 Å². The fourth-order valence-corrected chi connectivity index (χ4v) is 4.34. The van der Waals surface area contributed by atoms with Crippen molar-refractivity contribution in [2.75, 3.05) is 6.61 Å². The van der Waals surface area contributed by atoms with Crippen molar-refractivity contribution in [2.45, 2.75) is 45.1 Å². The number of hydrogen-bond acceptors (Lipinski definition) is 6. The molecule has 0 unspecified atom stereocenters. The highest BCUT2D eigenvalue weighted by molar-refractivity contribution is 6.30. The Kier molecular flexibility index (Phi) is 6.70. The minimum atomic E-state index is -1.39. The van der Waals surface area contributed by atoms with Crippen LogP contribution < -0.4 is 20.8 Å². The van der Waals surface area contributed by atoms with Crippen molar-refractivity contribution < 1.29 is 23.8 Å². The Morgan fingerprint density at radius 2 is 1.85 bits per heavy atom. The summed E-state index contributed by atoms with van der Waals surface area (Å²) in [5.74, 6) is -1.56. The van der Waals surface area contributed by atoms with Crippen LogP contribution in [0, 0.1) is 6.92 Å². The summed E-state index contributed by atoms with van der Waals surface area (Å²) in [5.41, 5.74) is 3.16. The smallest absolute Gasteiger partial charge is 0.339 e. The van der Waals surface area contributed by atoms with Crippen LogP contribution in [0.1, 0.15) is 35.1 Å². The Bertz CT molecular complexity index is 1260. The van der Waals surface area contributed by atoms with Crippen molar-refractivity contribution in [1.29, 1.82) is 0 Å². The third-order valence-electron chi connectivity index (χ3n) is 5.76. The first-order valence-corrected chi connectivity index (χ1v) is 11.2. The molecule has 1 aliphatic rings. The lowest BCUT2D eigenvalue weighted by atomic mass is 9.90. The molecule has 1 heterocycles. The van der Waals surface area contributed by atoms with E-state index < -0.39 is 24.5 Å². The van der Waals surface area contributed by atoms with Gasteiger partial charge in [0, 0.05) is 10.6 Å². The number of benzene rings is 2. The van der Waals surface area contributed by atoms with E-state index in [1.807, 2.05) is 6.92 Å². The lowest BCUT2D eigenvalue weighted by Crippen LogP contribution is -2.50. The normalized spacial score (nSPS) is 13.9. The van der Waals surface area contributed by atoms with Crippen LogP contribution in [0.4, 0.5) is 0 Å². The molecule has 2 aromatic carbocycles. The van der Waals surface area contributed by atoms with Gasteiger partial charge in [-0.15, -0.1) is 0 Å². The average molecular weight is 469 g/mol. The first-order valence-electron chi connectivity index (χ1n) is 10.8. The van der Waals surface area contributed by atoms with Crippen molar-refractivity contribution in [3.63, 3.8) is 0 Å². The predicted octanol–water partition coefficient (Wildman–Crippen LogP) is 2.49. The van der Waals surface area contributed by atoms with E-state index in [0.717, 1.165) is 30.4 Å². The van der Waals surface area contributed by atoms with Gasteiger partial charge < -0.3 is 24.4 Å². The van der Waals surface area contributed by atoms with Gasteiger partial charge in [0.05, 0.1) is 17.4 Å². The minimum absolute atomic E-state index is 0.0529. The molecule has 1 amide bonds. The zero-order valence-corrected chi connectivity index (χ0v) is 18.9. The largest absolute Gasteiger partial charge is 0.548 e. The molecule has 0 saturated carbocycles. The zero-order valence-electron chi connectivity index (χ0n) is 18.1. The standard InChI is InChI=1S/C25H24ClNO6/c1-14-10-20(23-17-4-2-3-5-18(17)25(31)33-21(23)11-14)32-13-22(28)27-19(24(29)30)12-15-6-8-16(26)9-7-15/h6-11,19H,2-5,12-13H2,1H3,(H,27,28)(H,29,30)/p-1/t19-/m0/s1. The van der Waals surface area contributed by atoms with E-state index in [1.54, 1.807) is 36.4 Å². The minimum Gasteiger partial charge on any atom is -0.548 e. The summed E-state index contributed by atoms with van der Waals surface area (Å²) >= 11 is 5.86. The van der Waals surface area contributed by atoms with Gasteiger partial charge in [-0.05, 0) is 80.0 Å². The van der Waals surface area contributed by atoms with Crippen LogP contribution in [0.3, 0.4) is 0 Å². The van der Waals surface area contributed by atoms with Gasteiger partial charge in [-0.3, -0.25) is 4.79 Å². The van der Waals surface area contributed by atoms with E-state index in [4.69, 9.17) is 20.8 Å². The quantitative estimate of drug-likeness (QED) is 0.534. The van der Waals surface area contributed by atoms with Crippen molar-refractivity contribution >= 4 is 34.4 Å². The Morgan fingerprint density at radius 3 is 2.55 bits per heavy atom. The Hall–Kier alpha value is -3.32. The highest BCUT2D eigenvalue weighted by atomic mass is 35.5. The first-order chi connectivity index (χ1) is 15.8. The number of carbonyl (C=O) groups excluding carboxylic acids is 2. The number of rotatable bonds is 7. The first kappa shape index (κ1) is 22.9. The number of fused-ring (bicyclic) bond motifs is 3. The number of carboxylic acid groups (broad SMARTS) is 1. The fraction of sp³-hybridized carbons (Fsp3) is 0.320. The molecule has 1 aromatic heterocycles. The number of aryl methyl sites for hydroxylation is 2. The van der Waals surface area contributed by atoms with E-state index in [0.29, 0.717) is 39.3 Å². The van der Waals surface area contributed by atoms with Crippen LogP contribution in [0.2, 0.25) is 5.02 Å². The van der Waals surface area contributed by atoms with E-state index in [1.165, 1.54) is 0 Å². The number of nitrogens with one attached hydrogen (secondary N) is 1. The van der Waals surface area contributed by atoms with Gasteiger partial charge in [-0.1, -0.05) is 23.7 Å². The Labute approximate surface area is 195 Å². The molecule has 3 aromatic rings. The molecule has 1 aliphatic carbocycles. The van der Waals surface area contributed by atoms with Gasteiger partial charge in [0.25, 0.3) is 5.91 Å². The van der Waals surface area contributed by atoms with E-state index in [2.05, 4.69) is 5.32 Å². The van der Waals surface area contributed by atoms with Gasteiger partial charge in [-0.2, -0.15) is 0 Å². The second kappa shape index (κ2) is 9.67. The molecule has 0 bridgehead atoms. The number of aliphatic carboxylic acids is 1. The monoisotopic (exact) mass is 468 g/mol. The Balaban J connectivity index is 1.52. The molecule has 8 heteroatoms. The summed E-state index contributed by atoms with van der Waals surface area (Å²) in [6.45, 7) is 1.45. The predicted molar refractivity (Wildman–Crippen MR) is 121 cm³/mol. The summed E-state index contributed by atoms with van der Waals surface area (Å²) in [6.07, 6.45) is 3.32. The molecule has 1 atom stereocenters. The molecular weight excluding hydrogens is 446 g/mol. The second-order valence-corrected chi connectivity index (χ2v) is 8.68. The summed E-state index contributed by atoms with van der Waals surface area (Å²) in [7, 11) is 0. The summed E-state index contributed by atoms with van der Waals surface area (Å²) in [6, 6.07) is 9.02. The van der Waals surface area contributed by atoms with Gasteiger partial charge in [0.2, 0.25) is 0 Å². The van der Waals surface area contributed by atoms with Gasteiger partial charge in [0.15, 0.2) is 6.61 Å². The Morgan fingerprint density at radius 1 is 1.15 bits per heavy atom. The molecule has 172 valence electrons. The van der Waals surface area contributed by atoms with E-state index in [9.17, 15) is 19.5 Å². The highest BCUT2D eigenvalue weighted by Crippen LogP contribution is 2.34. The molecule has 4 rings (SSSR count). The number of halogens is 1. The van der Waals surface area contributed by atoms with Crippen molar-refractivity contribution in [3.05, 3.63) is 74.1 Å². The second-order valence-electron chi connectivity index (χ2n) is 8.25. The van der Waals surface area contributed by atoms with Crippen LogP contribution in [0.15, 0.2) is 45.6 Å². The molecule has 0 aliphatic heterocycles. The van der Waals surface area contributed by atoms with Crippen molar-refractivity contribution in [3.8, 4) is 5.75 Å². The van der Waals surface area contributed by atoms with Crippen LogP contribution in [0.25, 0.3) is 11.0 Å². The molecule has 7 nitrogen and oxygen atoms in total. The SMILES string of the molecule is Cc1cc(OCC(=O)N[C@@H](Cc2ccc(Cl)cc2)C(=O)[O-])c2c3c(c(=O)oc2c1)CCCC3. The lowest BCUT2D eigenvalue weighted by molar-refractivity contribution is -0.308. The van der Waals surface area contributed by atoms with E-state index >= 15 is 0 Å². The fourth-order valence-electron chi connectivity index (χ4n) is 4.21. The molecular formula is C25H23ClNO6-. The molecule has 0 saturated heterocycles. The number of amides is 1. The molecule has 0 radical (unpaired) electrons. The lowest BCUT2D eigenvalue weighted by Gasteiger charge is -2.21. The van der Waals surface area contributed by atoms with Crippen molar-refractivity contribution in [2.24, 2.45) is 0 Å². The topological polar surface area (TPSA) is 109 Å². The summed E-state index contributed by atoms with van der Waals surface area (Å²) in [5, 5.41) is 15.2.